The Morgan fingerprint density at radius 1 is 1.30 bits per heavy atom. The van der Waals surface area contributed by atoms with Crippen molar-refractivity contribution in [3.8, 4) is 0 Å². The van der Waals surface area contributed by atoms with E-state index in [9.17, 15) is 0 Å². The second kappa shape index (κ2) is 3.28. The molecule has 61 valence electrons. The summed E-state index contributed by atoms with van der Waals surface area (Å²) in [6.07, 6.45) is 0.326. The molecule has 1 rings (SSSR count). The molecule has 1 heterocycles. The van der Waals surface area contributed by atoms with Gasteiger partial charge in [-0.2, -0.15) is 0 Å². The third kappa shape index (κ3) is 3.47. The van der Waals surface area contributed by atoms with Gasteiger partial charge in [-0.15, -0.1) is 0 Å². The molecule has 1 aliphatic rings. The van der Waals surface area contributed by atoms with Gasteiger partial charge < -0.3 is 0 Å². The van der Waals surface area contributed by atoms with E-state index in [1.165, 1.54) is 0 Å². The van der Waals surface area contributed by atoms with Crippen LogP contribution in [0.4, 0.5) is 0 Å². The van der Waals surface area contributed by atoms with E-state index in [0.717, 1.165) is 6.61 Å². The Kier molecular flexibility index (Phi) is 3.88. The molecule has 1 aliphatic heterocycles. The Bertz CT molecular complexity index is 129. The van der Waals surface area contributed by atoms with E-state index in [1.807, 2.05) is 0 Å². The molecule has 0 saturated carbocycles. The fourth-order valence-corrected chi connectivity index (χ4v) is 6.93. The predicted octanol–water partition coefficient (Wildman–Crippen LogP) is 1.44. The van der Waals surface area contributed by atoms with Gasteiger partial charge in [0, 0.05) is 32.7 Å². The molecular weight excluding hydrogens is 321 g/mol. The molecule has 1 saturated heterocycles. The number of hydrogen-bond donors (Lipinski definition) is 0. The first-order chi connectivity index (χ1) is 3.87. The Labute approximate surface area is 90.0 Å². The van der Waals surface area contributed by atoms with Crippen molar-refractivity contribution < 1.29 is 38.9 Å². The molecule has 0 aliphatic carbocycles. The van der Waals surface area contributed by atoms with E-state index in [1.54, 1.807) is 0 Å². The average molecular weight is 337 g/mol. The van der Waals surface area contributed by atoms with E-state index < -0.39 is 17.6 Å². The molecule has 0 aromatic heterocycles. The van der Waals surface area contributed by atoms with Crippen LogP contribution in [0.5, 0.6) is 0 Å². The number of rotatable bonds is 0. The van der Waals surface area contributed by atoms with Gasteiger partial charge in [-0.25, -0.2) is 0 Å². The first kappa shape index (κ1) is 11.8. The third-order valence-corrected chi connectivity index (χ3v) is 7.30. The summed E-state index contributed by atoms with van der Waals surface area (Å²) in [7, 11) is 0. The zero-order chi connectivity index (χ0) is 7.15. The van der Waals surface area contributed by atoms with Crippen molar-refractivity contribution >= 4 is 17.6 Å². The van der Waals surface area contributed by atoms with E-state index >= 15 is 0 Å². The minimum absolute atomic E-state index is 0. The second-order valence-electron chi connectivity index (χ2n) is 3.72. The van der Waals surface area contributed by atoms with Gasteiger partial charge in [-0.1, -0.05) is 0 Å². The molecule has 0 amide bonds. The minimum atomic E-state index is -2.78. The predicted molar refractivity (Wildman–Crippen MR) is 41.2 cm³/mol. The molecule has 0 bridgehead atoms. The Hall–Kier alpha value is 1.81. The van der Waals surface area contributed by atoms with Gasteiger partial charge in [-0.3, -0.25) is 0 Å². The summed E-state index contributed by atoms with van der Waals surface area (Å²) in [5.74, 6) is 0. The minimum Gasteiger partial charge on any atom is 0 e. The van der Waals surface area contributed by atoms with Crippen LogP contribution in [0.25, 0.3) is 0 Å². The summed E-state index contributed by atoms with van der Waals surface area (Å²) >= 11 is -2.78. The fourth-order valence-electron chi connectivity index (χ4n) is 1.03. The standard InChI is InChI=1S/C6H16O2Te.Y/c1-6-5-7-9(2,3,4)8-6;/h6,9H,5H2,1-4H3;. The van der Waals surface area contributed by atoms with Crippen LogP contribution in [0.1, 0.15) is 6.92 Å². The fraction of sp³-hybridized carbons (Fsp3) is 1.00. The SMILES string of the molecule is CC1CO[TeH](C)(C)(C)O1.[Y]. The third-order valence-electron chi connectivity index (χ3n) is 1.29. The van der Waals surface area contributed by atoms with E-state index in [4.69, 9.17) is 6.20 Å². The van der Waals surface area contributed by atoms with Crippen LogP contribution >= 0.6 is 0 Å². The molecule has 1 atom stereocenters. The average Bonchev–Trinajstić information content (AvgIpc) is 1.78. The molecule has 0 aromatic rings. The van der Waals surface area contributed by atoms with Gasteiger partial charge in [0.15, 0.2) is 0 Å². The van der Waals surface area contributed by atoms with Gasteiger partial charge in [0.25, 0.3) is 0 Å². The van der Waals surface area contributed by atoms with Crippen molar-refractivity contribution in [2.45, 2.75) is 27.9 Å². The first-order valence-corrected chi connectivity index (χ1v) is 13.0. The van der Waals surface area contributed by atoms with Crippen LogP contribution in [0.3, 0.4) is 0 Å². The van der Waals surface area contributed by atoms with Crippen LogP contribution in [0, 0.1) is 0 Å². The second-order valence-corrected chi connectivity index (χ2v) is 19.4. The zero-order valence-corrected chi connectivity index (χ0v) is 12.5. The van der Waals surface area contributed by atoms with Crippen molar-refractivity contribution in [1.82, 2.24) is 0 Å². The molecule has 0 aromatic carbocycles. The molecule has 2 nitrogen and oxygen atoms in total. The summed E-state index contributed by atoms with van der Waals surface area (Å²) in [6.45, 7) is 2.86. The summed E-state index contributed by atoms with van der Waals surface area (Å²) < 4.78 is 11.3. The maximum atomic E-state index is 5.72. The van der Waals surface area contributed by atoms with E-state index in [-0.39, 0.29) is 32.7 Å². The molecule has 10 heavy (non-hydrogen) atoms. The van der Waals surface area contributed by atoms with E-state index in [0.29, 0.717) is 6.10 Å². The maximum Gasteiger partial charge on any atom is 0 e. The summed E-state index contributed by atoms with van der Waals surface area (Å²) in [4.78, 5) is 6.45. The van der Waals surface area contributed by atoms with Crippen molar-refractivity contribution in [3.63, 3.8) is 0 Å². The summed E-state index contributed by atoms with van der Waals surface area (Å²) in [6, 6.07) is 0. The van der Waals surface area contributed by atoms with Gasteiger partial charge in [0.2, 0.25) is 0 Å². The molecule has 0 N–H and O–H groups in total. The molecule has 1 radical (unpaired) electrons. The van der Waals surface area contributed by atoms with Gasteiger partial charge in [0.1, 0.15) is 0 Å². The van der Waals surface area contributed by atoms with Crippen molar-refractivity contribution in [2.24, 2.45) is 0 Å². The summed E-state index contributed by atoms with van der Waals surface area (Å²) in [5, 5.41) is 0. The van der Waals surface area contributed by atoms with Gasteiger partial charge in [-0.05, 0) is 0 Å². The maximum absolute atomic E-state index is 5.72. The topological polar surface area (TPSA) is 18.5 Å². The molecule has 1 fully saturated rings. The van der Waals surface area contributed by atoms with Crippen molar-refractivity contribution in [2.75, 3.05) is 6.61 Å². The molecule has 0 spiro atoms. The van der Waals surface area contributed by atoms with Crippen LogP contribution in [-0.4, -0.2) is 30.3 Å². The van der Waals surface area contributed by atoms with Crippen LogP contribution in [0.15, 0.2) is 0 Å². The van der Waals surface area contributed by atoms with E-state index in [2.05, 4.69) is 21.8 Å². The smallest absolute Gasteiger partial charge is 0 e. The Balaban J connectivity index is 0.000000810. The quantitative estimate of drug-likeness (QED) is 0.623. The molecular formula is C6H16O2TeY. The van der Waals surface area contributed by atoms with Crippen LogP contribution in [0.2, 0.25) is 14.9 Å². The Morgan fingerprint density at radius 2 is 1.80 bits per heavy atom. The monoisotopic (exact) mass is 339 g/mol. The van der Waals surface area contributed by atoms with Gasteiger partial charge in [0.05, 0.1) is 0 Å². The van der Waals surface area contributed by atoms with Crippen LogP contribution < -0.4 is 0 Å². The zero-order valence-electron chi connectivity index (χ0n) is 7.13. The van der Waals surface area contributed by atoms with Crippen LogP contribution in [-0.2, 0) is 38.9 Å². The number of hydrogen-bond acceptors (Lipinski definition) is 2. The van der Waals surface area contributed by atoms with Crippen molar-refractivity contribution in [3.05, 3.63) is 0 Å². The van der Waals surface area contributed by atoms with Gasteiger partial charge >= 0.3 is 58.4 Å². The Morgan fingerprint density at radius 3 is 1.90 bits per heavy atom. The summed E-state index contributed by atoms with van der Waals surface area (Å²) in [5.41, 5.74) is 0. The normalized spacial score (nSPS) is 39.2. The largest absolute Gasteiger partial charge is 0 e. The first-order valence-electron chi connectivity index (χ1n) is 3.22. The molecule has 4 heteroatoms. The molecule has 1 unspecified atom stereocenters. The van der Waals surface area contributed by atoms with Crippen molar-refractivity contribution in [1.29, 1.82) is 0 Å².